The molecule has 6 rings (SSSR count). The quantitative estimate of drug-likeness (QED) is 0.394. The largest absolute Gasteiger partial charge is 0.379 e. The number of anilines is 1. The second kappa shape index (κ2) is 8.39. The number of hydrogen-bond donors (Lipinski definition) is 1. The van der Waals surface area contributed by atoms with Crippen LogP contribution >= 0.6 is 0 Å². The number of nitrogens with zero attached hydrogens (tertiary/aromatic N) is 1. The Bertz CT molecular complexity index is 1390. The normalized spacial score (nSPS) is 19.3. The van der Waals surface area contributed by atoms with Crippen molar-refractivity contribution in [2.45, 2.75) is 25.9 Å². The first kappa shape index (κ1) is 20.6. The van der Waals surface area contributed by atoms with Crippen molar-refractivity contribution in [3.05, 3.63) is 149 Å². The molecule has 0 bridgehead atoms. The minimum absolute atomic E-state index is 0.140. The molecule has 2 atom stereocenters. The Hall–Kier alpha value is -4.04. The molecule has 0 spiro atoms. The van der Waals surface area contributed by atoms with Crippen molar-refractivity contribution in [2.75, 3.05) is 5.32 Å². The van der Waals surface area contributed by atoms with Crippen molar-refractivity contribution < 1.29 is 0 Å². The summed E-state index contributed by atoms with van der Waals surface area (Å²) >= 11 is 0. The van der Waals surface area contributed by atoms with Gasteiger partial charge in [0, 0.05) is 34.3 Å². The average molecular weight is 441 g/mol. The van der Waals surface area contributed by atoms with E-state index in [0.29, 0.717) is 0 Å². The molecular formula is C32H28N2. The first-order chi connectivity index (χ1) is 16.8. The molecule has 0 aromatic heterocycles. The van der Waals surface area contributed by atoms with Crippen molar-refractivity contribution in [3.8, 4) is 0 Å². The molecule has 2 nitrogen and oxygen atoms in total. The van der Waals surface area contributed by atoms with Gasteiger partial charge in [-0.15, -0.1) is 0 Å². The highest BCUT2D eigenvalue weighted by atomic mass is 15.3. The van der Waals surface area contributed by atoms with Crippen LogP contribution in [-0.4, -0.2) is 10.9 Å². The lowest BCUT2D eigenvalue weighted by atomic mass is 9.80. The third-order valence-corrected chi connectivity index (χ3v) is 7.03. The van der Waals surface area contributed by atoms with Crippen LogP contribution in [0.2, 0.25) is 0 Å². The summed E-state index contributed by atoms with van der Waals surface area (Å²) in [5.74, 6) is 0. The summed E-state index contributed by atoms with van der Waals surface area (Å²) in [5, 5.41) is 3.76. The molecule has 34 heavy (non-hydrogen) atoms. The Balaban J connectivity index is 1.48. The zero-order chi connectivity index (χ0) is 23.1. The molecular weight excluding hydrogens is 412 g/mol. The van der Waals surface area contributed by atoms with E-state index in [4.69, 9.17) is 0 Å². The standard InChI is InChI=1S/C32H28N2/c1-3-23(24-13-6-4-7-14-24)21-28(22(2)33-25-15-8-5-9-16-25)31-30-20-12-19-29-26-17-10-11-18-27(26)32(31)34(29)30/h3-22,32-33H,1-2H3/b23-3+,28-21+. The van der Waals surface area contributed by atoms with Crippen LogP contribution in [0.5, 0.6) is 0 Å². The van der Waals surface area contributed by atoms with Crippen LogP contribution in [0.15, 0.2) is 132 Å². The van der Waals surface area contributed by atoms with Gasteiger partial charge in [0.15, 0.2) is 0 Å². The molecule has 0 aliphatic carbocycles. The van der Waals surface area contributed by atoms with E-state index in [9.17, 15) is 0 Å². The second-order valence-corrected chi connectivity index (χ2v) is 9.01. The van der Waals surface area contributed by atoms with Crippen molar-refractivity contribution >= 4 is 17.0 Å². The molecule has 2 unspecified atom stereocenters. The van der Waals surface area contributed by atoms with Crippen LogP contribution in [0.1, 0.15) is 36.6 Å². The maximum atomic E-state index is 3.76. The number of nitrogens with one attached hydrogen (secondary N) is 1. The number of fused-ring (bicyclic) bond motifs is 3. The molecule has 3 aliphatic rings. The van der Waals surface area contributed by atoms with Gasteiger partial charge in [-0.25, -0.2) is 0 Å². The van der Waals surface area contributed by atoms with Gasteiger partial charge < -0.3 is 10.2 Å². The number of para-hydroxylation sites is 1. The van der Waals surface area contributed by atoms with E-state index in [1.54, 1.807) is 0 Å². The van der Waals surface area contributed by atoms with Crippen LogP contribution < -0.4 is 5.32 Å². The molecule has 0 fully saturated rings. The molecule has 0 saturated carbocycles. The molecule has 0 amide bonds. The van der Waals surface area contributed by atoms with Gasteiger partial charge in [-0.3, -0.25) is 0 Å². The van der Waals surface area contributed by atoms with E-state index in [2.05, 4.69) is 139 Å². The minimum atomic E-state index is 0.140. The smallest absolute Gasteiger partial charge is 0.0875 e. The van der Waals surface area contributed by atoms with Gasteiger partial charge in [0.1, 0.15) is 0 Å². The zero-order valence-electron chi connectivity index (χ0n) is 19.6. The van der Waals surface area contributed by atoms with Crippen LogP contribution in [-0.2, 0) is 0 Å². The average Bonchev–Trinajstić information content (AvgIpc) is 3.20. The third-order valence-electron chi connectivity index (χ3n) is 7.03. The highest BCUT2D eigenvalue weighted by molar-refractivity contribution is 5.85. The zero-order valence-corrected chi connectivity index (χ0v) is 19.6. The van der Waals surface area contributed by atoms with Crippen molar-refractivity contribution in [3.63, 3.8) is 0 Å². The predicted octanol–water partition coefficient (Wildman–Crippen LogP) is 7.75. The van der Waals surface area contributed by atoms with Gasteiger partial charge in [0.2, 0.25) is 0 Å². The summed E-state index contributed by atoms with van der Waals surface area (Å²) in [6.07, 6.45) is 11.3. The minimum Gasteiger partial charge on any atom is -0.379 e. The fraction of sp³-hybridized carbons (Fsp3) is 0.125. The maximum Gasteiger partial charge on any atom is 0.0875 e. The van der Waals surface area contributed by atoms with E-state index < -0.39 is 0 Å². The molecule has 0 saturated heterocycles. The molecule has 2 heteroatoms. The van der Waals surface area contributed by atoms with Crippen LogP contribution in [0.4, 0.5) is 5.69 Å². The van der Waals surface area contributed by atoms with E-state index in [-0.39, 0.29) is 12.1 Å². The Morgan fingerprint density at radius 1 is 0.912 bits per heavy atom. The molecule has 3 aliphatic heterocycles. The summed E-state index contributed by atoms with van der Waals surface area (Å²) in [6, 6.07) is 30.4. The SMILES string of the molecule is C/C=C(\C=C(\C1=C2C=CC=C3c4ccccc4C1N32)C(C)Nc1ccccc1)c1ccccc1. The number of benzene rings is 3. The Morgan fingerprint density at radius 2 is 1.62 bits per heavy atom. The predicted molar refractivity (Wildman–Crippen MR) is 143 cm³/mol. The first-order valence-electron chi connectivity index (χ1n) is 12.0. The molecule has 3 heterocycles. The lowest BCUT2D eigenvalue weighted by Gasteiger charge is -2.45. The summed E-state index contributed by atoms with van der Waals surface area (Å²) in [5.41, 5.74) is 11.7. The molecule has 0 radical (unpaired) electrons. The van der Waals surface area contributed by atoms with Crippen LogP contribution in [0, 0.1) is 0 Å². The molecule has 3 aromatic rings. The number of hydrogen-bond acceptors (Lipinski definition) is 2. The summed E-state index contributed by atoms with van der Waals surface area (Å²) in [6.45, 7) is 4.40. The van der Waals surface area contributed by atoms with Gasteiger partial charge >= 0.3 is 0 Å². The van der Waals surface area contributed by atoms with Gasteiger partial charge in [-0.1, -0.05) is 84.9 Å². The highest BCUT2D eigenvalue weighted by Gasteiger charge is 2.48. The van der Waals surface area contributed by atoms with Gasteiger partial charge in [-0.05, 0) is 66.5 Å². The molecule has 3 aromatic carbocycles. The third kappa shape index (κ3) is 3.26. The second-order valence-electron chi connectivity index (χ2n) is 9.01. The summed E-state index contributed by atoms with van der Waals surface area (Å²) in [4.78, 5) is 2.50. The van der Waals surface area contributed by atoms with Crippen molar-refractivity contribution in [1.29, 1.82) is 0 Å². The lowest BCUT2D eigenvalue weighted by Crippen LogP contribution is -2.38. The van der Waals surface area contributed by atoms with Gasteiger partial charge in [0.25, 0.3) is 0 Å². The van der Waals surface area contributed by atoms with Gasteiger partial charge in [-0.2, -0.15) is 0 Å². The first-order valence-corrected chi connectivity index (χ1v) is 12.0. The fourth-order valence-corrected chi connectivity index (χ4v) is 5.44. The fourth-order valence-electron chi connectivity index (χ4n) is 5.44. The topological polar surface area (TPSA) is 15.3 Å². The Kier molecular flexibility index (Phi) is 5.07. The van der Waals surface area contributed by atoms with E-state index in [1.807, 2.05) is 0 Å². The Morgan fingerprint density at radius 3 is 2.38 bits per heavy atom. The van der Waals surface area contributed by atoms with Crippen molar-refractivity contribution in [1.82, 2.24) is 4.90 Å². The van der Waals surface area contributed by atoms with Crippen LogP contribution in [0.3, 0.4) is 0 Å². The van der Waals surface area contributed by atoms with Crippen LogP contribution in [0.25, 0.3) is 11.3 Å². The van der Waals surface area contributed by atoms with E-state index in [0.717, 1.165) is 5.69 Å². The summed E-state index contributed by atoms with van der Waals surface area (Å²) < 4.78 is 0. The lowest BCUT2D eigenvalue weighted by molar-refractivity contribution is 0.368. The maximum absolute atomic E-state index is 3.76. The monoisotopic (exact) mass is 440 g/mol. The van der Waals surface area contributed by atoms with E-state index in [1.165, 1.54) is 44.8 Å². The highest BCUT2D eigenvalue weighted by Crippen LogP contribution is 2.59. The number of rotatable bonds is 6. The van der Waals surface area contributed by atoms with Crippen molar-refractivity contribution in [2.24, 2.45) is 0 Å². The molecule has 1 N–H and O–H groups in total. The van der Waals surface area contributed by atoms with E-state index >= 15 is 0 Å². The number of allylic oxidation sites excluding steroid dienone is 6. The summed E-state index contributed by atoms with van der Waals surface area (Å²) in [7, 11) is 0. The van der Waals surface area contributed by atoms with Gasteiger partial charge in [0.05, 0.1) is 6.04 Å². The Labute approximate surface area is 201 Å². The molecule has 166 valence electrons.